The molecule has 1 heterocycles. The number of ether oxygens (including phenoxy) is 1. The van der Waals surface area contributed by atoms with Crippen LogP contribution >= 0.6 is 0 Å². The molecule has 1 rings (SSSR count). The molecular weight excluding hydrogens is 170 g/mol. The molecule has 0 amide bonds. The molecule has 1 saturated heterocycles. The average Bonchev–Trinajstić information content (AvgIpc) is 2.06. The van der Waals surface area contributed by atoms with Crippen LogP contribution in [0.15, 0.2) is 0 Å². The largest absolute Gasteiger partial charge is 0.367 e. The van der Waals surface area contributed by atoms with Crippen LogP contribution in [0.4, 0.5) is 0 Å². The minimum absolute atomic E-state index is 0.180. The molecule has 3 atom stereocenters. The van der Waals surface area contributed by atoms with Crippen LogP contribution < -0.4 is 16.0 Å². The molecule has 1 fully saturated rings. The first-order valence-electron chi connectivity index (χ1n) is 4.50. The first-order chi connectivity index (χ1) is 5.72. The molecule has 0 bridgehead atoms. The minimum atomic E-state index is -0.279. The van der Waals surface area contributed by atoms with Crippen LogP contribution in [-0.4, -0.2) is 34.8 Å². The van der Waals surface area contributed by atoms with Gasteiger partial charge in [-0.3, -0.25) is 5.32 Å². The molecule has 1 aliphatic rings. The standard InChI is InChI=1S/C7H19N3OSi/c1-5-9-7(11-2)4-3-6(8)10-12-5/h5-7,9-10H,3-4,8,12H2,1-2H3/t5-,6?,7-/m1/s1. The van der Waals surface area contributed by atoms with Gasteiger partial charge in [0.15, 0.2) is 0 Å². The summed E-state index contributed by atoms with van der Waals surface area (Å²) in [5.74, 6) is 0. The van der Waals surface area contributed by atoms with E-state index in [0.29, 0.717) is 5.67 Å². The molecule has 12 heavy (non-hydrogen) atoms. The molecule has 4 nitrogen and oxygen atoms in total. The number of nitrogens with one attached hydrogen (secondary N) is 2. The van der Waals surface area contributed by atoms with Crippen molar-refractivity contribution in [2.45, 2.75) is 37.8 Å². The van der Waals surface area contributed by atoms with Crippen LogP contribution in [0.2, 0.25) is 0 Å². The van der Waals surface area contributed by atoms with Crippen LogP contribution in [0, 0.1) is 0 Å². The summed E-state index contributed by atoms with van der Waals surface area (Å²) in [6.45, 7) is 2.18. The topological polar surface area (TPSA) is 59.3 Å². The molecule has 1 unspecified atom stereocenters. The van der Waals surface area contributed by atoms with Crippen molar-refractivity contribution in [2.75, 3.05) is 7.11 Å². The fraction of sp³-hybridized carbons (Fsp3) is 1.00. The highest BCUT2D eigenvalue weighted by Crippen LogP contribution is 2.02. The van der Waals surface area contributed by atoms with Gasteiger partial charge in [-0.25, -0.2) is 0 Å². The van der Waals surface area contributed by atoms with E-state index >= 15 is 0 Å². The van der Waals surface area contributed by atoms with Crippen molar-refractivity contribution in [2.24, 2.45) is 5.73 Å². The summed E-state index contributed by atoms with van der Waals surface area (Å²) in [7, 11) is 1.46. The fourth-order valence-corrected chi connectivity index (χ4v) is 2.65. The van der Waals surface area contributed by atoms with Crippen LogP contribution in [0.25, 0.3) is 0 Å². The van der Waals surface area contributed by atoms with Gasteiger partial charge >= 0.3 is 0 Å². The monoisotopic (exact) mass is 189 g/mol. The van der Waals surface area contributed by atoms with Crippen LogP contribution in [0.1, 0.15) is 19.8 Å². The van der Waals surface area contributed by atoms with Gasteiger partial charge in [0, 0.05) is 18.9 Å². The summed E-state index contributed by atoms with van der Waals surface area (Å²) in [4.78, 5) is 3.38. The number of hydrogen-bond donors (Lipinski definition) is 3. The Morgan fingerprint density at radius 1 is 1.50 bits per heavy atom. The molecule has 0 aromatic carbocycles. The van der Waals surface area contributed by atoms with E-state index in [2.05, 4.69) is 17.2 Å². The summed E-state index contributed by atoms with van der Waals surface area (Å²) in [5.41, 5.74) is 6.38. The molecular formula is C7H19N3OSi. The molecule has 72 valence electrons. The van der Waals surface area contributed by atoms with Gasteiger partial charge in [0.1, 0.15) is 15.9 Å². The third kappa shape index (κ3) is 3.20. The quantitative estimate of drug-likeness (QED) is 0.446. The SMILES string of the molecule is CO[C@@H]1CCC(N)N[SiH2][C@H](C)N1. The van der Waals surface area contributed by atoms with Crippen molar-refractivity contribution in [3.05, 3.63) is 0 Å². The van der Waals surface area contributed by atoms with Crippen molar-refractivity contribution < 1.29 is 4.74 Å². The third-order valence-electron chi connectivity index (χ3n) is 2.18. The van der Waals surface area contributed by atoms with Crippen molar-refractivity contribution in [3.8, 4) is 0 Å². The summed E-state index contributed by atoms with van der Waals surface area (Å²) >= 11 is 0. The summed E-state index contributed by atoms with van der Waals surface area (Å²) < 4.78 is 5.27. The fourth-order valence-electron chi connectivity index (χ4n) is 1.41. The van der Waals surface area contributed by atoms with E-state index in [4.69, 9.17) is 10.5 Å². The average molecular weight is 189 g/mol. The van der Waals surface area contributed by atoms with Crippen molar-refractivity contribution in [3.63, 3.8) is 0 Å². The second kappa shape index (κ2) is 4.93. The second-order valence-corrected chi connectivity index (χ2v) is 5.43. The van der Waals surface area contributed by atoms with E-state index in [-0.39, 0.29) is 22.1 Å². The van der Waals surface area contributed by atoms with Gasteiger partial charge < -0.3 is 15.5 Å². The van der Waals surface area contributed by atoms with Crippen LogP contribution in [-0.2, 0) is 4.74 Å². The maximum atomic E-state index is 5.82. The van der Waals surface area contributed by atoms with Gasteiger partial charge in [-0.1, -0.05) is 6.92 Å². The molecule has 1 aliphatic heterocycles. The molecule has 0 saturated carbocycles. The van der Waals surface area contributed by atoms with Crippen LogP contribution in [0.3, 0.4) is 0 Å². The smallest absolute Gasteiger partial charge is 0.110 e. The highest BCUT2D eigenvalue weighted by Gasteiger charge is 2.16. The van der Waals surface area contributed by atoms with Gasteiger partial charge in [0.05, 0.1) is 0 Å². The molecule has 0 aromatic rings. The van der Waals surface area contributed by atoms with Gasteiger partial charge in [-0.15, -0.1) is 0 Å². The van der Waals surface area contributed by atoms with E-state index in [9.17, 15) is 0 Å². The molecule has 5 heteroatoms. The molecule has 4 N–H and O–H groups in total. The Morgan fingerprint density at radius 3 is 2.92 bits per heavy atom. The van der Waals surface area contributed by atoms with Gasteiger partial charge in [-0.2, -0.15) is 0 Å². The van der Waals surface area contributed by atoms with E-state index < -0.39 is 0 Å². The Hall–Kier alpha value is 0.0569. The molecule has 0 radical (unpaired) electrons. The lowest BCUT2D eigenvalue weighted by molar-refractivity contribution is 0.0593. The highest BCUT2D eigenvalue weighted by molar-refractivity contribution is 6.34. The molecule has 0 aliphatic carbocycles. The Morgan fingerprint density at radius 2 is 2.25 bits per heavy atom. The maximum absolute atomic E-state index is 5.82. The number of hydrogen-bond acceptors (Lipinski definition) is 4. The van der Waals surface area contributed by atoms with Gasteiger partial charge in [0.2, 0.25) is 0 Å². The predicted octanol–water partition coefficient (Wildman–Crippen LogP) is -1.35. The zero-order chi connectivity index (χ0) is 8.97. The Kier molecular flexibility index (Phi) is 4.17. The Labute approximate surface area is 76.1 Å². The Balaban J connectivity index is 2.37. The molecule has 0 spiro atoms. The first kappa shape index (κ1) is 10.1. The predicted molar refractivity (Wildman–Crippen MR) is 52.3 cm³/mol. The zero-order valence-electron chi connectivity index (χ0n) is 7.84. The summed E-state index contributed by atoms with van der Waals surface area (Å²) in [6, 6.07) is 0. The van der Waals surface area contributed by atoms with E-state index in [1.807, 2.05) is 0 Å². The zero-order valence-corrected chi connectivity index (χ0v) is 9.25. The second-order valence-electron chi connectivity index (χ2n) is 3.38. The van der Waals surface area contributed by atoms with Crippen molar-refractivity contribution in [1.82, 2.24) is 10.3 Å². The number of rotatable bonds is 1. The summed E-state index contributed by atoms with van der Waals surface area (Å²) in [5, 5.41) is 3.41. The van der Waals surface area contributed by atoms with E-state index in [0.717, 1.165) is 12.8 Å². The van der Waals surface area contributed by atoms with E-state index in [1.165, 1.54) is 0 Å². The van der Waals surface area contributed by atoms with Gasteiger partial charge in [-0.05, 0) is 12.8 Å². The lowest BCUT2D eigenvalue weighted by atomic mass is 10.2. The van der Waals surface area contributed by atoms with Crippen molar-refractivity contribution >= 4 is 9.68 Å². The summed E-state index contributed by atoms with van der Waals surface area (Å²) in [6.07, 6.45) is 2.36. The highest BCUT2D eigenvalue weighted by atomic mass is 28.2. The minimum Gasteiger partial charge on any atom is -0.367 e. The van der Waals surface area contributed by atoms with Gasteiger partial charge in [0.25, 0.3) is 0 Å². The Bertz CT molecular complexity index is 136. The van der Waals surface area contributed by atoms with Crippen molar-refractivity contribution in [1.29, 1.82) is 0 Å². The number of methoxy groups -OCH3 is 1. The molecule has 0 aromatic heterocycles. The van der Waals surface area contributed by atoms with Crippen LogP contribution in [0.5, 0.6) is 0 Å². The lowest BCUT2D eigenvalue weighted by Gasteiger charge is -2.28. The maximum Gasteiger partial charge on any atom is 0.110 e. The normalized spacial score (nSPS) is 40.8. The third-order valence-corrected chi connectivity index (χ3v) is 3.79. The number of nitrogens with two attached hydrogens (primary N) is 1. The first-order valence-corrected chi connectivity index (χ1v) is 6.02. The van der Waals surface area contributed by atoms with E-state index in [1.54, 1.807) is 7.11 Å². The lowest BCUT2D eigenvalue weighted by Crippen LogP contribution is -2.53.